The summed E-state index contributed by atoms with van der Waals surface area (Å²) in [5.41, 5.74) is 2.89. The third-order valence-corrected chi connectivity index (χ3v) is 8.34. The number of benzene rings is 1. The normalized spacial score (nSPS) is 20.4. The molecule has 0 radical (unpaired) electrons. The van der Waals surface area contributed by atoms with Crippen molar-refractivity contribution in [2.75, 3.05) is 26.8 Å². The summed E-state index contributed by atoms with van der Waals surface area (Å²) in [5, 5.41) is 10.1. The Hall–Kier alpha value is -2.88. The van der Waals surface area contributed by atoms with Crippen LogP contribution in [0.15, 0.2) is 41.9 Å². The van der Waals surface area contributed by atoms with E-state index in [1.807, 2.05) is 35.4 Å². The number of likely N-dealkylation sites (N-methyl/N-ethyl adjacent to an activating group) is 1. The van der Waals surface area contributed by atoms with Gasteiger partial charge in [-0.25, -0.2) is 4.98 Å². The van der Waals surface area contributed by atoms with Crippen LogP contribution in [-0.4, -0.2) is 65.6 Å². The van der Waals surface area contributed by atoms with E-state index in [0.717, 1.165) is 52.9 Å². The van der Waals surface area contributed by atoms with Gasteiger partial charge >= 0.3 is 0 Å². The fourth-order valence-electron chi connectivity index (χ4n) is 5.19. The minimum atomic E-state index is -0.554. The molecule has 9 heteroatoms. The van der Waals surface area contributed by atoms with Crippen molar-refractivity contribution < 1.29 is 14.3 Å². The number of fused-ring (bicyclic) bond motifs is 1. The highest BCUT2D eigenvalue weighted by molar-refractivity contribution is 7.10. The Kier molecular flexibility index (Phi) is 7.59. The fourth-order valence-corrected chi connectivity index (χ4v) is 6.15. The number of amides is 2. The van der Waals surface area contributed by atoms with Crippen molar-refractivity contribution in [1.29, 1.82) is 0 Å². The van der Waals surface area contributed by atoms with Gasteiger partial charge in [0.15, 0.2) is 0 Å². The molecule has 36 heavy (non-hydrogen) atoms. The molecule has 5 rings (SSSR count). The predicted molar refractivity (Wildman–Crippen MR) is 141 cm³/mol. The quantitative estimate of drug-likeness (QED) is 0.508. The van der Waals surface area contributed by atoms with Crippen LogP contribution in [0, 0.1) is 5.92 Å². The summed E-state index contributed by atoms with van der Waals surface area (Å²) in [6.07, 6.45) is 5.14. The highest BCUT2D eigenvalue weighted by Crippen LogP contribution is 2.38. The van der Waals surface area contributed by atoms with Gasteiger partial charge in [0.25, 0.3) is 0 Å². The average molecular weight is 508 g/mol. The van der Waals surface area contributed by atoms with Crippen LogP contribution in [0.25, 0.3) is 22.2 Å². The van der Waals surface area contributed by atoms with Gasteiger partial charge in [0.1, 0.15) is 11.0 Å². The molecule has 2 aliphatic heterocycles. The van der Waals surface area contributed by atoms with Crippen LogP contribution in [0.3, 0.4) is 0 Å². The number of ether oxygens (including phenoxy) is 1. The van der Waals surface area contributed by atoms with E-state index in [2.05, 4.69) is 27.1 Å². The Morgan fingerprint density at radius 1 is 1.17 bits per heavy atom. The van der Waals surface area contributed by atoms with Gasteiger partial charge < -0.3 is 20.3 Å². The number of likely N-dealkylation sites (tertiary alicyclic amines) is 1. The molecule has 2 aromatic heterocycles. The van der Waals surface area contributed by atoms with E-state index >= 15 is 0 Å². The number of aromatic nitrogens is 2. The smallest absolute Gasteiger partial charge is 0.246 e. The third-order valence-electron chi connectivity index (χ3n) is 7.40. The van der Waals surface area contributed by atoms with Gasteiger partial charge in [-0.1, -0.05) is 18.2 Å². The maximum Gasteiger partial charge on any atom is 0.246 e. The average Bonchev–Trinajstić information content (AvgIpc) is 3.61. The van der Waals surface area contributed by atoms with E-state index in [1.54, 1.807) is 25.3 Å². The molecule has 3 aromatic rings. The summed E-state index contributed by atoms with van der Waals surface area (Å²) >= 11 is 1.60. The van der Waals surface area contributed by atoms with E-state index in [9.17, 15) is 9.59 Å². The molecule has 2 N–H and O–H groups in total. The number of carbonyl (C=O) groups is 2. The molecular weight excluding hydrogens is 474 g/mol. The van der Waals surface area contributed by atoms with E-state index in [-0.39, 0.29) is 29.8 Å². The van der Waals surface area contributed by atoms with Crippen LogP contribution in [0.4, 0.5) is 0 Å². The van der Waals surface area contributed by atoms with Crippen molar-refractivity contribution in [2.45, 2.75) is 50.7 Å². The van der Waals surface area contributed by atoms with Crippen molar-refractivity contribution >= 4 is 34.1 Å². The molecule has 4 heterocycles. The van der Waals surface area contributed by atoms with Crippen molar-refractivity contribution in [3.05, 3.63) is 46.9 Å². The van der Waals surface area contributed by atoms with Gasteiger partial charge in [-0.05, 0) is 57.7 Å². The van der Waals surface area contributed by atoms with Crippen LogP contribution < -0.4 is 10.6 Å². The van der Waals surface area contributed by atoms with Crippen molar-refractivity contribution in [3.8, 4) is 11.3 Å². The van der Waals surface area contributed by atoms with E-state index in [1.165, 1.54) is 0 Å². The van der Waals surface area contributed by atoms with Gasteiger partial charge in [-0.3, -0.25) is 14.6 Å². The number of rotatable bonds is 7. The highest BCUT2D eigenvalue weighted by atomic mass is 32.1. The lowest BCUT2D eigenvalue weighted by atomic mass is 9.90. The van der Waals surface area contributed by atoms with Crippen LogP contribution in [-0.2, 0) is 14.3 Å². The minimum Gasteiger partial charge on any atom is -0.381 e. The SMILES string of the molecule is CN[C@@H](C)C(=O)N[C@H](C(=O)N1CCCC1c1nc(-c2ccnc3ccccc23)cs1)C1CCOCC1. The largest absolute Gasteiger partial charge is 0.381 e. The van der Waals surface area contributed by atoms with Crippen molar-refractivity contribution in [3.63, 3.8) is 0 Å². The van der Waals surface area contributed by atoms with Gasteiger partial charge in [0.2, 0.25) is 11.8 Å². The van der Waals surface area contributed by atoms with Gasteiger partial charge in [0.05, 0.1) is 23.3 Å². The minimum absolute atomic E-state index is 0.00726. The Bertz CT molecular complexity index is 1220. The summed E-state index contributed by atoms with van der Waals surface area (Å²) in [4.78, 5) is 38.1. The summed E-state index contributed by atoms with van der Waals surface area (Å²) in [6.45, 7) is 3.71. The lowest BCUT2D eigenvalue weighted by Crippen LogP contribution is -2.56. The molecule has 2 saturated heterocycles. The first-order chi connectivity index (χ1) is 17.6. The number of carbonyl (C=O) groups excluding carboxylic acids is 2. The number of pyridine rings is 1. The molecule has 2 fully saturated rings. The molecule has 190 valence electrons. The van der Waals surface area contributed by atoms with Crippen LogP contribution in [0.5, 0.6) is 0 Å². The summed E-state index contributed by atoms with van der Waals surface area (Å²) in [6, 6.07) is 9.06. The monoisotopic (exact) mass is 507 g/mol. The second-order valence-corrected chi connectivity index (χ2v) is 10.5. The van der Waals surface area contributed by atoms with Crippen LogP contribution in [0.1, 0.15) is 43.7 Å². The fraction of sp³-hybridized carbons (Fsp3) is 0.481. The lowest BCUT2D eigenvalue weighted by molar-refractivity contribution is -0.140. The maximum atomic E-state index is 13.9. The number of nitrogens with zero attached hydrogens (tertiary/aromatic N) is 3. The predicted octanol–water partition coefficient (Wildman–Crippen LogP) is 3.54. The number of nitrogens with one attached hydrogen (secondary N) is 2. The van der Waals surface area contributed by atoms with Crippen molar-refractivity contribution in [1.82, 2.24) is 25.5 Å². The van der Waals surface area contributed by atoms with E-state index in [0.29, 0.717) is 19.8 Å². The molecule has 0 aliphatic carbocycles. The molecule has 2 amide bonds. The number of hydrogen-bond donors (Lipinski definition) is 2. The molecule has 0 saturated carbocycles. The first-order valence-electron chi connectivity index (χ1n) is 12.7. The number of hydrogen-bond acceptors (Lipinski definition) is 7. The summed E-state index contributed by atoms with van der Waals surface area (Å²) < 4.78 is 5.53. The Labute approximate surface area is 215 Å². The Morgan fingerprint density at radius 3 is 2.78 bits per heavy atom. The standard InChI is InChI=1S/C27H33N5O3S/c1-17(28-2)25(33)31-24(18-10-14-35-15-11-18)27(34)32-13-5-8-23(32)26-30-22(16-36-26)20-9-12-29-21-7-4-3-6-19(20)21/h3-4,6-7,9,12,16-18,23-24,28H,5,8,10-11,13-15H2,1-2H3,(H,31,33)/t17-,23?,24-/m0/s1. The molecule has 1 unspecified atom stereocenters. The number of thiazole rings is 1. The topological polar surface area (TPSA) is 96.5 Å². The van der Waals surface area contributed by atoms with Crippen LogP contribution >= 0.6 is 11.3 Å². The lowest BCUT2D eigenvalue weighted by Gasteiger charge is -2.35. The first kappa shape index (κ1) is 24.8. The van der Waals surface area contributed by atoms with Crippen molar-refractivity contribution in [2.24, 2.45) is 5.92 Å². The van der Waals surface area contributed by atoms with E-state index in [4.69, 9.17) is 9.72 Å². The van der Waals surface area contributed by atoms with Gasteiger partial charge in [-0.15, -0.1) is 11.3 Å². The Balaban J connectivity index is 1.40. The zero-order valence-electron chi connectivity index (χ0n) is 20.8. The third kappa shape index (κ3) is 5.00. The molecule has 1 aromatic carbocycles. The second kappa shape index (κ2) is 11.0. The molecular formula is C27H33N5O3S. The molecule has 8 nitrogen and oxygen atoms in total. The molecule has 3 atom stereocenters. The summed E-state index contributed by atoms with van der Waals surface area (Å²) in [7, 11) is 1.75. The molecule has 0 bridgehead atoms. The highest BCUT2D eigenvalue weighted by Gasteiger charge is 2.40. The first-order valence-corrected chi connectivity index (χ1v) is 13.6. The zero-order valence-corrected chi connectivity index (χ0v) is 21.6. The van der Waals surface area contributed by atoms with Gasteiger partial charge in [-0.2, -0.15) is 0 Å². The zero-order chi connectivity index (χ0) is 25.1. The maximum absolute atomic E-state index is 13.9. The molecule has 2 aliphatic rings. The number of para-hydroxylation sites is 1. The van der Waals surface area contributed by atoms with E-state index < -0.39 is 6.04 Å². The molecule has 0 spiro atoms. The second-order valence-electron chi connectivity index (χ2n) is 9.58. The Morgan fingerprint density at radius 2 is 1.97 bits per heavy atom. The van der Waals surface area contributed by atoms with Gasteiger partial charge in [0, 0.05) is 42.3 Å². The summed E-state index contributed by atoms with van der Waals surface area (Å²) in [5.74, 6) is -0.0955. The van der Waals surface area contributed by atoms with Crippen LogP contribution in [0.2, 0.25) is 0 Å².